The molecule has 0 aromatic rings. The predicted molar refractivity (Wildman–Crippen MR) is 54.0 cm³/mol. The van der Waals surface area contributed by atoms with Crippen LogP contribution in [-0.2, 0) is 0 Å². The molecule has 1 heterocycles. The van der Waals surface area contributed by atoms with E-state index in [1.54, 1.807) is 0 Å². The van der Waals surface area contributed by atoms with Crippen molar-refractivity contribution in [1.29, 1.82) is 0 Å². The number of nitrogens with one attached hydrogen (secondary N) is 1. The Kier molecular flexibility index (Phi) is 1.97. The van der Waals surface area contributed by atoms with Gasteiger partial charge in [0.2, 0.25) is 0 Å². The van der Waals surface area contributed by atoms with E-state index < -0.39 is 0 Å². The topological polar surface area (TPSA) is 40.0 Å². The van der Waals surface area contributed by atoms with Gasteiger partial charge < -0.3 is 5.32 Å². The zero-order valence-corrected chi connectivity index (χ0v) is 8.69. The molecule has 4 heteroatoms. The van der Waals surface area contributed by atoms with Gasteiger partial charge >= 0.3 is 0 Å². The Morgan fingerprint density at radius 1 is 1.21 bits per heavy atom. The van der Waals surface area contributed by atoms with Crippen LogP contribution in [0.1, 0.15) is 32.1 Å². The summed E-state index contributed by atoms with van der Waals surface area (Å²) in [7, 11) is 2.05. The van der Waals surface area contributed by atoms with E-state index in [1.807, 2.05) is 0 Å². The van der Waals surface area contributed by atoms with Crippen LogP contribution in [-0.4, -0.2) is 36.2 Å². The van der Waals surface area contributed by atoms with E-state index in [0.29, 0.717) is 18.1 Å². The molecule has 2 fully saturated rings. The van der Waals surface area contributed by atoms with Crippen LogP contribution in [0.2, 0.25) is 0 Å². The van der Waals surface area contributed by atoms with Crippen molar-refractivity contribution in [1.82, 2.24) is 10.3 Å². The second-order valence-corrected chi connectivity index (χ2v) is 4.75. The zero-order valence-electron chi connectivity index (χ0n) is 8.69. The van der Waals surface area contributed by atoms with Gasteiger partial charge in [0.05, 0.1) is 12.1 Å². The summed E-state index contributed by atoms with van der Waals surface area (Å²) in [6.07, 6.45) is 6.38. The zero-order chi connectivity index (χ0) is 9.54. The van der Waals surface area contributed by atoms with Gasteiger partial charge in [0.15, 0.2) is 0 Å². The third-order valence-corrected chi connectivity index (χ3v) is 3.75. The van der Waals surface area contributed by atoms with E-state index in [1.165, 1.54) is 32.1 Å². The molecule has 0 radical (unpaired) electrons. The van der Waals surface area contributed by atoms with Crippen molar-refractivity contribution in [2.75, 3.05) is 7.05 Å². The van der Waals surface area contributed by atoms with Gasteiger partial charge in [0, 0.05) is 12.1 Å². The Bertz CT molecular complexity index is 249. The lowest BCUT2D eigenvalue weighted by molar-refractivity contribution is 0.163. The SMILES string of the molecule is CNC1CCC2C(C1)N=NN2C1CC1. The minimum atomic E-state index is 0.474. The van der Waals surface area contributed by atoms with Crippen LogP contribution in [0, 0.1) is 0 Å². The van der Waals surface area contributed by atoms with Gasteiger partial charge in [-0.1, -0.05) is 5.22 Å². The van der Waals surface area contributed by atoms with E-state index in [0.717, 1.165) is 6.04 Å². The molecule has 0 aromatic heterocycles. The van der Waals surface area contributed by atoms with E-state index in [4.69, 9.17) is 0 Å². The molecule has 0 amide bonds. The Morgan fingerprint density at radius 3 is 2.79 bits per heavy atom. The minimum Gasteiger partial charge on any atom is -0.317 e. The lowest BCUT2D eigenvalue weighted by atomic mass is 9.87. The standard InChI is InChI=1S/C10H18N4/c1-11-7-2-5-10-9(6-7)12-13-14(10)8-3-4-8/h7-11H,2-6H2,1H3. The summed E-state index contributed by atoms with van der Waals surface area (Å²) in [4.78, 5) is 0. The molecule has 1 N–H and O–H groups in total. The second-order valence-electron chi connectivity index (χ2n) is 4.75. The lowest BCUT2D eigenvalue weighted by Gasteiger charge is -2.33. The average molecular weight is 194 g/mol. The fourth-order valence-electron chi connectivity index (χ4n) is 2.70. The Labute approximate surface area is 84.7 Å². The molecule has 3 unspecified atom stereocenters. The number of nitrogens with zero attached hydrogens (tertiary/aromatic N) is 3. The Morgan fingerprint density at radius 2 is 2.07 bits per heavy atom. The van der Waals surface area contributed by atoms with Crippen molar-refractivity contribution >= 4 is 0 Å². The maximum Gasteiger partial charge on any atom is 0.0964 e. The van der Waals surface area contributed by atoms with E-state index >= 15 is 0 Å². The van der Waals surface area contributed by atoms with Crippen LogP contribution in [0.15, 0.2) is 10.3 Å². The number of fused-ring (bicyclic) bond motifs is 1. The highest BCUT2D eigenvalue weighted by atomic mass is 15.6. The van der Waals surface area contributed by atoms with Crippen LogP contribution in [0.25, 0.3) is 0 Å². The molecular formula is C10H18N4. The number of rotatable bonds is 2. The molecule has 0 aromatic carbocycles. The Balaban J connectivity index is 1.67. The lowest BCUT2D eigenvalue weighted by Crippen LogP contribution is -2.45. The second kappa shape index (κ2) is 3.19. The molecule has 0 saturated heterocycles. The predicted octanol–water partition coefficient (Wildman–Crippen LogP) is 1.34. The quantitative estimate of drug-likeness (QED) is 0.720. The highest BCUT2D eigenvalue weighted by Gasteiger charge is 2.43. The summed E-state index contributed by atoms with van der Waals surface area (Å²) in [6, 6.07) is 2.50. The largest absolute Gasteiger partial charge is 0.317 e. The first kappa shape index (κ1) is 8.65. The van der Waals surface area contributed by atoms with Gasteiger partial charge in [0.1, 0.15) is 0 Å². The van der Waals surface area contributed by atoms with Crippen LogP contribution < -0.4 is 5.32 Å². The average Bonchev–Trinajstić information content (AvgIpc) is 2.98. The van der Waals surface area contributed by atoms with Gasteiger partial charge in [-0.05, 0) is 39.2 Å². The molecule has 14 heavy (non-hydrogen) atoms. The van der Waals surface area contributed by atoms with E-state index in [9.17, 15) is 0 Å². The van der Waals surface area contributed by atoms with Gasteiger partial charge in [-0.2, -0.15) is 5.11 Å². The van der Waals surface area contributed by atoms with Gasteiger partial charge in [-0.25, -0.2) is 0 Å². The molecule has 3 aliphatic rings. The molecule has 4 nitrogen and oxygen atoms in total. The number of hydrogen-bond acceptors (Lipinski definition) is 4. The van der Waals surface area contributed by atoms with Gasteiger partial charge in [-0.15, -0.1) is 0 Å². The van der Waals surface area contributed by atoms with Crippen LogP contribution in [0.3, 0.4) is 0 Å². The van der Waals surface area contributed by atoms with Crippen molar-refractivity contribution in [3.63, 3.8) is 0 Å². The summed E-state index contributed by atoms with van der Waals surface area (Å²) >= 11 is 0. The van der Waals surface area contributed by atoms with Gasteiger partial charge in [0.25, 0.3) is 0 Å². The summed E-state index contributed by atoms with van der Waals surface area (Å²) in [5, 5.41) is 14.4. The molecule has 1 aliphatic heterocycles. The van der Waals surface area contributed by atoms with Crippen molar-refractivity contribution in [2.45, 2.75) is 56.3 Å². The van der Waals surface area contributed by atoms with Gasteiger partial charge in [-0.3, -0.25) is 5.01 Å². The molecule has 78 valence electrons. The van der Waals surface area contributed by atoms with Crippen molar-refractivity contribution < 1.29 is 0 Å². The summed E-state index contributed by atoms with van der Waals surface area (Å²) in [5.74, 6) is 0. The third-order valence-electron chi connectivity index (χ3n) is 3.75. The fraction of sp³-hybridized carbons (Fsp3) is 1.00. The van der Waals surface area contributed by atoms with E-state index in [2.05, 4.69) is 27.7 Å². The first-order valence-electron chi connectivity index (χ1n) is 5.75. The fourth-order valence-corrected chi connectivity index (χ4v) is 2.70. The monoisotopic (exact) mass is 194 g/mol. The molecule has 0 bridgehead atoms. The van der Waals surface area contributed by atoms with Crippen molar-refractivity contribution in [3.8, 4) is 0 Å². The minimum absolute atomic E-state index is 0.474. The molecule has 2 aliphatic carbocycles. The highest BCUT2D eigenvalue weighted by molar-refractivity contribution is 4.99. The van der Waals surface area contributed by atoms with E-state index in [-0.39, 0.29) is 0 Å². The maximum atomic E-state index is 4.41. The van der Waals surface area contributed by atoms with Crippen molar-refractivity contribution in [2.24, 2.45) is 10.3 Å². The normalized spacial score (nSPS) is 41.5. The maximum absolute atomic E-state index is 4.41. The Hall–Kier alpha value is -0.640. The highest BCUT2D eigenvalue weighted by Crippen LogP contribution is 2.38. The molecule has 0 spiro atoms. The molecule has 3 rings (SSSR count). The number of hydrogen-bond donors (Lipinski definition) is 1. The molecule has 3 atom stereocenters. The summed E-state index contributed by atoms with van der Waals surface area (Å²) < 4.78 is 0. The van der Waals surface area contributed by atoms with Crippen LogP contribution >= 0.6 is 0 Å². The van der Waals surface area contributed by atoms with Crippen molar-refractivity contribution in [3.05, 3.63) is 0 Å². The third kappa shape index (κ3) is 1.32. The molecular weight excluding hydrogens is 176 g/mol. The first-order valence-corrected chi connectivity index (χ1v) is 5.75. The summed E-state index contributed by atoms with van der Waals surface area (Å²) in [5.41, 5.74) is 0. The summed E-state index contributed by atoms with van der Waals surface area (Å²) in [6.45, 7) is 0. The van der Waals surface area contributed by atoms with Crippen LogP contribution in [0.4, 0.5) is 0 Å². The smallest absolute Gasteiger partial charge is 0.0964 e. The first-order chi connectivity index (χ1) is 6.88. The molecule has 2 saturated carbocycles. The van der Waals surface area contributed by atoms with Crippen LogP contribution in [0.5, 0.6) is 0 Å².